The second kappa shape index (κ2) is 8.03. The number of carbonyl (C=O) groups excluding carboxylic acids is 1. The summed E-state index contributed by atoms with van der Waals surface area (Å²) in [5.41, 5.74) is 0.872. The average molecular weight is 492 g/mol. The Hall–Kier alpha value is -2.67. The predicted molar refractivity (Wildman–Crippen MR) is 121 cm³/mol. The molecule has 1 unspecified atom stereocenters. The van der Waals surface area contributed by atoms with Crippen molar-refractivity contribution in [3.8, 4) is 5.13 Å². The zero-order valence-electron chi connectivity index (χ0n) is 16.9. The number of amides is 1. The van der Waals surface area contributed by atoms with E-state index < -0.39 is 27.8 Å². The molecule has 0 radical (unpaired) electrons. The fourth-order valence-electron chi connectivity index (χ4n) is 3.75. The van der Waals surface area contributed by atoms with Gasteiger partial charge in [0.2, 0.25) is 11.0 Å². The third kappa shape index (κ3) is 3.62. The number of para-hydroxylation sites is 1. The number of carbonyl (C=O) groups is 1. The van der Waals surface area contributed by atoms with Crippen molar-refractivity contribution in [1.82, 2.24) is 19.1 Å². The number of halogens is 1. The second-order valence-corrected chi connectivity index (χ2v) is 11.4. The molecular formula is C20H18FN5O3S3. The SMILES string of the molecule is Cc1cc(NC(=O)C2CCCN2S(=O)(=O)c2cccs2)n(-c2nc3c(F)cccc3s2)n1. The third-order valence-electron chi connectivity index (χ3n) is 5.19. The number of hydrogen-bond donors (Lipinski definition) is 1. The first-order valence-corrected chi connectivity index (χ1v) is 13.0. The van der Waals surface area contributed by atoms with E-state index in [-0.39, 0.29) is 16.3 Å². The number of aryl methyl sites for hydroxylation is 1. The maximum Gasteiger partial charge on any atom is 0.253 e. The first-order chi connectivity index (χ1) is 15.3. The van der Waals surface area contributed by atoms with E-state index in [0.717, 1.165) is 11.3 Å². The topological polar surface area (TPSA) is 97.2 Å². The quantitative estimate of drug-likeness (QED) is 0.458. The van der Waals surface area contributed by atoms with Crippen molar-refractivity contribution < 1.29 is 17.6 Å². The number of benzene rings is 1. The molecular weight excluding hydrogens is 473 g/mol. The van der Waals surface area contributed by atoms with Gasteiger partial charge in [-0.1, -0.05) is 23.5 Å². The Bertz CT molecular complexity index is 1410. The van der Waals surface area contributed by atoms with Crippen LogP contribution >= 0.6 is 22.7 Å². The van der Waals surface area contributed by atoms with Gasteiger partial charge in [0.05, 0.1) is 10.4 Å². The minimum Gasteiger partial charge on any atom is -0.309 e. The molecule has 0 bridgehead atoms. The number of fused-ring (bicyclic) bond motifs is 1. The normalized spacial score (nSPS) is 17.2. The van der Waals surface area contributed by atoms with Gasteiger partial charge in [-0.2, -0.15) is 14.1 Å². The largest absolute Gasteiger partial charge is 0.309 e. The summed E-state index contributed by atoms with van der Waals surface area (Å²) in [6.07, 6.45) is 1.02. The molecule has 166 valence electrons. The van der Waals surface area contributed by atoms with Gasteiger partial charge < -0.3 is 5.32 Å². The van der Waals surface area contributed by atoms with Gasteiger partial charge in [-0.15, -0.1) is 11.3 Å². The van der Waals surface area contributed by atoms with E-state index in [9.17, 15) is 17.6 Å². The molecule has 1 aromatic carbocycles. The van der Waals surface area contributed by atoms with Gasteiger partial charge in [0.15, 0.2) is 0 Å². The molecule has 1 amide bonds. The molecule has 4 aromatic rings. The highest BCUT2D eigenvalue weighted by Gasteiger charge is 2.40. The fraction of sp³-hybridized carbons (Fsp3) is 0.250. The highest BCUT2D eigenvalue weighted by Crippen LogP contribution is 2.31. The van der Waals surface area contributed by atoms with Gasteiger partial charge in [-0.3, -0.25) is 4.79 Å². The number of sulfonamides is 1. The summed E-state index contributed by atoms with van der Waals surface area (Å²) in [7, 11) is -3.74. The number of aromatic nitrogens is 3. The number of rotatable bonds is 5. The van der Waals surface area contributed by atoms with Crippen LogP contribution < -0.4 is 5.32 Å². The maximum absolute atomic E-state index is 14.1. The van der Waals surface area contributed by atoms with Crippen LogP contribution in [0.5, 0.6) is 0 Å². The lowest BCUT2D eigenvalue weighted by Gasteiger charge is -2.22. The van der Waals surface area contributed by atoms with Crippen LogP contribution in [0.1, 0.15) is 18.5 Å². The Morgan fingerprint density at radius 2 is 2.12 bits per heavy atom. The maximum atomic E-state index is 14.1. The first-order valence-electron chi connectivity index (χ1n) is 9.83. The van der Waals surface area contributed by atoms with E-state index >= 15 is 0 Å². The monoisotopic (exact) mass is 491 g/mol. The Labute approximate surface area is 191 Å². The lowest BCUT2D eigenvalue weighted by atomic mass is 10.2. The fourth-order valence-corrected chi connectivity index (χ4v) is 7.48. The lowest BCUT2D eigenvalue weighted by molar-refractivity contribution is -0.119. The van der Waals surface area contributed by atoms with Gasteiger partial charge >= 0.3 is 0 Å². The van der Waals surface area contributed by atoms with Crippen molar-refractivity contribution in [2.75, 3.05) is 11.9 Å². The van der Waals surface area contributed by atoms with E-state index in [1.165, 1.54) is 32.5 Å². The lowest BCUT2D eigenvalue weighted by Crippen LogP contribution is -2.43. The molecule has 1 aliphatic heterocycles. The van der Waals surface area contributed by atoms with E-state index in [1.54, 1.807) is 36.6 Å². The Kier molecular flexibility index (Phi) is 5.32. The molecule has 1 fully saturated rings. The molecule has 1 atom stereocenters. The summed E-state index contributed by atoms with van der Waals surface area (Å²) in [6.45, 7) is 2.05. The van der Waals surface area contributed by atoms with Crippen LogP contribution in [-0.4, -0.2) is 46.0 Å². The molecule has 0 saturated carbocycles. The van der Waals surface area contributed by atoms with Crippen LogP contribution in [-0.2, 0) is 14.8 Å². The van der Waals surface area contributed by atoms with Crippen LogP contribution in [0.15, 0.2) is 46.0 Å². The summed E-state index contributed by atoms with van der Waals surface area (Å²) in [4.78, 5) is 17.5. The number of thiophene rings is 1. The summed E-state index contributed by atoms with van der Waals surface area (Å²) >= 11 is 2.38. The van der Waals surface area contributed by atoms with E-state index in [2.05, 4.69) is 15.4 Å². The summed E-state index contributed by atoms with van der Waals surface area (Å²) in [6, 6.07) is 8.78. The van der Waals surface area contributed by atoms with Crippen LogP contribution in [0, 0.1) is 12.7 Å². The van der Waals surface area contributed by atoms with Crippen LogP contribution in [0.4, 0.5) is 10.2 Å². The highest BCUT2D eigenvalue weighted by atomic mass is 32.2. The summed E-state index contributed by atoms with van der Waals surface area (Å²) < 4.78 is 43.6. The van der Waals surface area contributed by atoms with Crippen LogP contribution in [0.2, 0.25) is 0 Å². The zero-order valence-corrected chi connectivity index (χ0v) is 19.3. The number of hydrogen-bond acceptors (Lipinski definition) is 7. The van der Waals surface area contributed by atoms with E-state index in [4.69, 9.17) is 0 Å². The number of nitrogens with one attached hydrogen (secondary N) is 1. The van der Waals surface area contributed by atoms with Crippen molar-refractivity contribution >= 4 is 54.6 Å². The molecule has 12 heteroatoms. The Morgan fingerprint density at radius 3 is 2.88 bits per heavy atom. The van der Waals surface area contributed by atoms with E-state index in [1.807, 2.05) is 0 Å². The molecule has 3 aromatic heterocycles. The van der Waals surface area contributed by atoms with Gasteiger partial charge in [-0.25, -0.2) is 17.8 Å². The van der Waals surface area contributed by atoms with E-state index in [0.29, 0.717) is 34.2 Å². The smallest absolute Gasteiger partial charge is 0.253 e. The molecule has 0 spiro atoms. The van der Waals surface area contributed by atoms with Crippen molar-refractivity contribution in [1.29, 1.82) is 0 Å². The van der Waals surface area contributed by atoms with Crippen LogP contribution in [0.25, 0.3) is 15.3 Å². The minimum atomic E-state index is -3.74. The van der Waals surface area contributed by atoms with Gasteiger partial charge in [0.1, 0.15) is 27.4 Å². The highest BCUT2D eigenvalue weighted by molar-refractivity contribution is 7.91. The van der Waals surface area contributed by atoms with Crippen molar-refractivity contribution in [3.63, 3.8) is 0 Å². The van der Waals surface area contributed by atoms with Crippen molar-refractivity contribution in [2.45, 2.75) is 30.0 Å². The molecule has 1 saturated heterocycles. The average Bonchev–Trinajstić information content (AvgIpc) is 3.53. The predicted octanol–water partition coefficient (Wildman–Crippen LogP) is 3.78. The summed E-state index contributed by atoms with van der Waals surface area (Å²) in [5.74, 6) is -0.511. The standard InChI is InChI=1S/C20H18FN5O3S3/c1-12-11-16(26(24-12)20-23-18-13(21)5-2-7-15(18)31-20)22-19(27)14-6-3-9-25(14)32(28,29)17-8-4-10-30-17/h2,4-5,7-8,10-11,14H,3,6,9H2,1H3,(H,22,27). The number of nitrogens with zero attached hydrogens (tertiary/aromatic N) is 4. The molecule has 32 heavy (non-hydrogen) atoms. The van der Waals surface area contributed by atoms with Crippen molar-refractivity contribution in [3.05, 3.63) is 53.3 Å². The molecule has 4 heterocycles. The number of anilines is 1. The molecule has 1 aliphatic rings. The third-order valence-corrected chi connectivity index (χ3v) is 9.46. The number of thiazole rings is 1. The molecule has 5 rings (SSSR count). The Balaban J connectivity index is 1.44. The van der Waals surface area contributed by atoms with Gasteiger partial charge in [-0.05, 0) is 43.3 Å². The van der Waals surface area contributed by atoms with Crippen molar-refractivity contribution in [2.24, 2.45) is 0 Å². The first kappa shape index (κ1) is 21.2. The summed E-state index contributed by atoms with van der Waals surface area (Å²) in [5, 5.41) is 9.30. The molecule has 8 nitrogen and oxygen atoms in total. The second-order valence-electron chi connectivity index (χ2n) is 7.36. The van der Waals surface area contributed by atoms with Crippen LogP contribution in [0.3, 0.4) is 0 Å². The Morgan fingerprint density at radius 1 is 1.28 bits per heavy atom. The molecule has 0 aliphatic carbocycles. The minimum absolute atomic E-state index is 0.217. The molecule has 1 N–H and O–H groups in total. The van der Waals surface area contributed by atoms with Gasteiger partial charge in [0.25, 0.3) is 10.0 Å². The zero-order chi connectivity index (χ0) is 22.5. The van der Waals surface area contributed by atoms with Gasteiger partial charge in [0, 0.05) is 12.6 Å².